The number of rotatable bonds is 14. The van der Waals surface area contributed by atoms with Crippen LogP contribution in [0.25, 0.3) is 12.2 Å². The summed E-state index contributed by atoms with van der Waals surface area (Å²) >= 11 is 0. The predicted octanol–water partition coefficient (Wildman–Crippen LogP) is 3.29. The van der Waals surface area contributed by atoms with Gasteiger partial charge >= 0.3 is 0 Å². The molecule has 0 atom stereocenters. The van der Waals surface area contributed by atoms with E-state index in [1.807, 2.05) is 43.4 Å². The van der Waals surface area contributed by atoms with Gasteiger partial charge in [0.1, 0.15) is 12.4 Å². The molecular formula is C22H29NO6S. The molecule has 0 amide bonds. The van der Waals surface area contributed by atoms with Gasteiger partial charge in [-0.2, -0.15) is 8.42 Å². The largest absolute Gasteiger partial charge is 0.491 e. The number of ether oxygens (including phenoxy) is 3. The molecule has 0 spiro atoms. The summed E-state index contributed by atoms with van der Waals surface area (Å²) in [5, 5.41) is 3.10. The first-order valence-corrected chi connectivity index (χ1v) is 11.5. The predicted molar refractivity (Wildman–Crippen MR) is 119 cm³/mol. The van der Waals surface area contributed by atoms with Gasteiger partial charge in [0.05, 0.1) is 39.3 Å². The zero-order chi connectivity index (χ0) is 21.7. The van der Waals surface area contributed by atoms with E-state index >= 15 is 0 Å². The van der Waals surface area contributed by atoms with Crippen molar-refractivity contribution in [3.8, 4) is 5.75 Å². The molecular weight excluding hydrogens is 406 g/mol. The van der Waals surface area contributed by atoms with Crippen LogP contribution >= 0.6 is 0 Å². The van der Waals surface area contributed by atoms with E-state index in [4.69, 9.17) is 14.2 Å². The topological polar surface area (TPSA) is 83.1 Å². The molecule has 30 heavy (non-hydrogen) atoms. The maximum atomic E-state index is 10.8. The molecule has 7 nitrogen and oxygen atoms in total. The van der Waals surface area contributed by atoms with Gasteiger partial charge in [0.25, 0.3) is 10.1 Å². The summed E-state index contributed by atoms with van der Waals surface area (Å²) in [5.74, 6) is 0.781. The Kier molecular flexibility index (Phi) is 10.4. The van der Waals surface area contributed by atoms with Crippen molar-refractivity contribution in [3.05, 3.63) is 59.7 Å². The summed E-state index contributed by atoms with van der Waals surface area (Å²) in [6.45, 7) is 1.86. The molecule has 0 radical (unpaired) electrons. The Bertz CT molecular complexity index is 864. The molecule has 2 rings (SSSR count). The van der Waals surface area contributed by atoms with Crippen LogP contribution in [0.4, 0.5) is 5.69 Å². The van der Waals surface area contributed by atoms with Gasteiger partial charge in [0, 0.05) is 12.7 Å². The molecule has 0 heterocycles. The lowest BCUT2D eigenvalue weighted by Gasteiger charge is -2.08. The second-order valence-electron chi connectivity index (χ2n) is 6.37. The van der Waals surface area contributed by atoms with Crippen molar-refractivity contribution in [1.82, 2.24) is 0 Å². The fourth-order valence-electron chi connectivity index (χ4n) is 2.41. The highest BCUT2D eigenvalue weighted by Crippen LogP contribution is 2.15. The SMILES string of the molecule is CNc1ccc(C=Cc2ccc(OCCOCCOCCOS(C)(=O)=O)cc2)cc1. The minimum atomic E-state index is -3.41. The molecule has 2 aromatic carbocycles. The first kappa shape index (κ1) is 23.9. The van der Waals surface area contributed by atoms with E-state index in [-0.39, 0.29) is 13.2 Å². The summed E-state index contributed by atoms with van der Waals surface area (Å²) in [5.41, 5.74) is 3.32. The molecule has 0 aromatic heterocycles. The van der Waals surface area contributed by atoms with Gasteiger partial charge in [-0.25, -0.2) is 0 Å². The molecule has 0 fully saturated rings. The van der Waals surface area contributed by atoms with Gasteiger partial charge in [0.15, 0.2) is 0 Å². The smallest absolute Gasteiger partial charge is 0.264 e. The van der Waals surface area contributed by atoms with Crippen molar-refractivity contribution in [1.29, 1.82) is 0 Å². The van der Waals surface area contributed by atoms with E-state index in [9.17, 15) is 8.42 Å². The van der Waals surface area contributed by atoms with E-state index < -0.39 is 10.1 Å². The average Bonchev–Trinajstić information content (AvgIpc) is 2.74. The van der Waals surface area contributed by atoms with Crippen molar-refractivity contribution in [2.24, 2.45) is 0 Å². The number of anilines is 1. The van der Waals surface area contributed by atoms with Gasteiger partial charge in [0.2, 0.25) is 0 Å². The van der Waals surface area contributed by atoms with E-state index in [0.29, 0.717) is 26.4 Å². The summed E-state index contributed by atoms with van der Waals surface area (Å²) in [6.07, 6.45) is 5.13. The highest BCUT2D eigenvalue weighted by atomic mass is 32.2. The molecule has 0 aliphatic rings. The summed E-state index contributed by atoms with van der Waals surface area (Å²) in [7, 11) is -1.51. The highest BCUT2D eigenvalue weighted by Gasteiger charge is 2.00. The first-order valence-electron chi connectivity index (χ1n) is 9.65. The number of hydrogen-bond acceptors (Lipinski definition) is 7. The quantitative estimate of drug-likeness (QED) is 0.277. The van der Waals surface area contributed by atoms with Crippen molar-refractivity contribution in [2.75, 3.05) is 58.3 Å². The number of nitrogens with one attached hydrogen (secondary N) is 1. The Morgan fingerprint density at radius 2 is 1.27 bits per heavy atom. The van der Waals surface area contributed by atoms with Crippen LogP contribution in [0.3, 0.4) is 0 Å². The minimum absolute atomic E-state index is 0.00967. The molecule has 8 heteroatoms. The Morgan fingerprint density at radius 3 is 1.80 bits per heavy atom. The van der Waals surface area contributed by atoms with Gasteiger partial charge in [-0.1, -0.05) is 36.4 Å². The summed E-state index contributed by atoms with van der Waals surface area (Å²) in [6, 6.07) is 16.1. The second kappa shape index (κ2) is 13.0. The van der Waals surface area contributed by atoms with Crippen LogP contribution in [0, 0.1) is 0 Å². The maximum absolute atomic E-state index is 10.8. The van der Waals surface area contributed by atoms with Crippen LogP contribution in [0.15, 0.2) is 48.5 Å². The van der Waals surface area contributed by atoms with Crippen molar-refractivity contribution in [3.63, 3.8) is 0 Å². The van der Waals surface area contributed by atoms with E-state index in [1.54, 1.807) is 0 Å². The molecule has 0 unspecified atom stereocenters. The van der Waals surface area contributed by atoms with Gasteiger partial charge in [-0.3, -0.25) is 4.18 Å². The molecule has 2 aromatic rings. The Labute approximate surface area is 178 Å². The van der Waals surface area contributed by atoms with Crippen LogP contribution in [-0.4, -0.2) is 61.4 Å². The molecule has 1 N–H and O–H groups in total. The summed E-state index contributed by atoms with van der Waals surface area (Å²) < 4.78 is 42.3. The van der Waals surface area contributed by atoms with Crippen LogP contribution in [0.1, 0.15) is 11.1 Å². The Balaban J connectivity index is 1.57. The zero-order valence-electron chi connectivity index (χ0n) is 17.4. The number of hydrogen-bond donors (Lipinski definition) is 1. The summed E-state index contributed by atoms with van der Waals surface area (Å²) in [4.78, 5) is 0. The monoisotopic (exact) mass is 435 g/mol. The second-order valence-corrected chi connectivity index (χ2v) is 8.02. The zero-order valence-corrected chi connectivity index (χ0v) is 18.2. The third-order valence-electron chi connectivity index (χ3n) is 3.94. The van der Waals surface area contributed by atoms with Crippen LogP contribution in [0.2, 0.25) is 0 Å². The molecule has 0 saturated heterocycles. The molecule has 164 valence electrons. The normalized spacial score (nSPS) is 11.7. The maximum Gasteiger partial charge on any atom is 0.264 e. The number of benzene rings is 2. The van der Waals surface area contributed by atoms with Crippen molar-refractivity contribution < 1.29 is 26.8 Å². The van der Waals surface area contributed by atoms with E-state index in [2.05, 4.69) is 33.8 Å². The van der Waals surface area contributed by atoms with Crippen molar-refractivity contribution in [2.45, 2.75) is 0 Å². The van der Waals surface area contributed by atoms with Crippen LogP contribution in [0.5, 0.6) is 5.75 Å². The van der Waals surface area contributed by atoms with Gasteiger partial charge < -0.3 is 19.5 Å². The lowest BCUT2D eigenvalue weighted by atomic mass is 10.1. The Morgan fingerprint density at radius 1 is 0.767 bits per heavy atom. The third kappa shape index (κ3) is 10.4. The van der Waals surface area contributed by atoms with E-state index in [1.165, 1.54) is 0 Å². The lowest BCUT2D eigenvalue weighted by molar-refractivity contribution is 0.0280. The fraction of sp³-hybridized carbons (Fsp3) is 0.364. The van der Waals surface area contributed by atoms with Gasteiger partial charge in [-0.15, -0.1) is 0 Å². The highest BCUT2D eigenvalue weighted by molar-refractivity contribution is 7.85. The van der Waals surface area contributed by atoms with E-state index in [0.717, 1.165) is 28.8 Å². The van der Waals surface area contributed by atoms with Gasteiger partial charge in [-0.05, 0) is 35.4 Å². The average molecular weight is 436 g/mol. The molecule has 0 aliphatic carbocycles. The fourth-order valence-corrected chi connectivity index (χ4v) is 2.78. The standard InChI is InChI=1S/C22H29NO6S/c1-23-21-9-5-19(6-10-21)3-4-20-7-11-22(12-8-20)28-17-15-26-13-14-27-16-18-29-30(2,24)25/h3-12,23H,13-18H2,1-2H3. The van der Waals surface area contributed by atoms with Crippen LogP contribution < -0.4 is 10.1 Å². The Hall–Kier alpha value is -2.39. The molecule has 0 saturated carbocycles. The van der Waals surface area contributed by atoms with Crippen LogP contribution in [-0.2, 0) is 23.8 Å². The minimum Gasteiger partial charge on any atom is -0.491 e. The van der Waals surface area contributed by atoms with Crippen molar-refractivity contribution >= 4 is 28.0 Å². The third-order valence-corrected chi connectivity index (χ3v) is 4.54. The first-order chi connectivity index (χ1) is 14.5. The molecule has 0 aliphatic heterocycles. The lowest BCUT2D eigenvalue weighted by Crippen LogP contribution is -2.14. The molecule has 0 bridgehead atoms.